The summed E-state index contributed by atoms with van der Waals surface area (Å²) in [6.07, 6.45) is 15.0. The molecule has 1 aliphatic heterocycles. The molecule has 1 heterocycles. The fraction of sp³-hybridized carbons (Fsp3) is 0.210. The Morgan fingerprint density at radius 3 is 0.927 bits per heavy atom. The first-order valence-corrected chi connectivity index (χ1v) is 32.3. The van der Waals surface area contributed by atoms with Gasteiger partial charge in [0.2, 0.25) is 0 Å². The Morgan fingerprint density at radius 1 is 0.305 bits per heavy atom. The minimum Gasteiger partial charge on any atom is -0.297 e. The maximum Gasteiger partial charge on any atom is 0.0574 e. The minimum atomic E-state index is -0.303. The monoisotopic (exact) mass is 1020 g/mol. The highest BCUT2D eigenvalue weighted by atomic mass is 15.2. The Bertz CT molecular complexity index is 7790. The van der Waals surface area contributed by atoms with E-state index in [1.54, 1.807) is 324 Å². The Labute approximate surface area is 458 Å². The lowest BCUT2D eigenvalue weighted by atomic mass is 9.49. The molecule has 0 bridgehead atoms. The maximum absolute atomic E-state index is 3.02. The summed E-state index contributed by atoms with van der Waals surface area (Å²) in [6.45, 7) is 3.40. The van der Waals surface area contributed by atoms with E-state index in [4.69, 9.17) is 0 Å². The van der Waals surface area contributed by atoms with Gasteiger partial charge in [-0.25, -0.2) is 0 Å². The van der Waals surface area contributed by atoms with Crippen LogP contribution in [0.1, 0.15) is 111 Å². The van der Waals surface area contributed by atoms with Gasteiger partial charge in [0.05, 0.1) is 10.8 Å². The van der Waals surface area contributed by atoms with Gasteiger partial charge < -0.3 is 0 Å². The smallest absolute Gasteiger partial charge is 0.0574 e. The Balaban J connectivity index is 0.879. The quantitative estimate of drug-likeness (QED) is 0.0871. The first-order valence-electron chi connectivity index (χ1n) is 32.3. The van der Waals surface area contributed by atoms with Crippen LogP contribution in [0.25, 0.3) is 291 Å². The van der Waals surface area contributed by atoms with Crippen molar-refractivity contribution >= 4 is 291 Å². The molecule has 1 heteroatoms. The molecule has 29 aromatic rings. The largest absolute Gasteiger partial charge is 0.297 e. The average Bonchev–Trinajstić information content (AvgIpc) is 1.39. The summed E-state index contributed by atoms with van der Waals surface area (Å²) in [7, 11) is 2.63. The third-order valence-corrected chi connectivity index (χ3v) is 29.0. The van der Waals surface area contributed by atoms with Crippen molar-refractivity contribution in [2.45, 2.75) is 94.4 Å². The topological polar surface area (TPSA) is 3.24 Å². The predicted molar refractivity (Wildman–Crippen MR) is 351 cm³/mol. The standard InChI is InChI=1S/C81H35N/c1-3-4-5-6-7-8-9-10-11-12-14-19-15-13-16-20(17-19)79-81-77-70-62-50-42-33-24-22-21-23-27(24)36-43-41-32(23)34-30-25(21)28-29-26(22)31-35(33)48(50)56-54-40(31)38(29)46-45-37(28)39(30)53-55-47(34)49(41)61-63-51(43)52(44(36)42)64(62)73(77)72(63)75-68(61)66(55)69-59(53)57(45)65-58(46)60(54)71(67(56)70)78(81)74(65)76(69)80(75,81)18-82(79)2/h13,15-17,79H,3-12,14,18H2,1-2H3. The van der Waals surface area contributed by atoms with E-state index in [1.165, 1.54) is 70.6 Å². The zero-order valence-corrected chi connectivity index (χ0v) is 44.8. The summed E-state index contributed by atoms with van der Waals surface area (Å²) in [5, 5.41) is 91.3. The average molecular weight is 1020 g/mol. The molecule has 29 aromatic carbocycles. The van der Waals surface area contributed by atoms with Crippen molar-refractivity contribution in [1.82, 2.24) is 4.90 Å². The van der Waals surface area contributed by atoms with Crippen LogP contribution in [0.2, 0.25) is 0 Å². The van der Waals surface area contributed by atoms with Crippen molar-refractivity contribution < 1.29 is 0 Å². The van der Waals surface area contributed by atoms with Crippen LogP contribution in [0, 0.1) is 0 Å². The summed E-state index contributed by atoms with van der Waals surface area (Å²) < 4.78 is 0. The number of likely N-dealkylation sites (N-methyl/N-ethyl adjacent to an activating group) is 1. The van der Waals surface area contributed by atoms with Crippen molar-refractivity contribution in [2.75, 3.05) is 13.6 Å². The van der Waals surface area contributed by atoms with Gasteiger partial charge in [-0.1, -0.05) is 89.0 Å². The molecule has 82 heavy (non-hydrogen) atoms. The molecule has 1 nitrogen and oxygen atoms in total. The second kappa shape index (κ2) is 8.82. The van der Waals surface area contributed by atoms with Crippen molar-refractivity contribution in [3.05, 3.63) is 57.6 Å². The number of likely N-dealkylation sites (tertiary alicyclic amines) is 1. The summed E-state index contributed by atoms with van der Waals surface area (Å²) in [5.41, 5.74) is 9.82. The number of rotatable bonds is 12. The highest BCUT2D eigenvalue weighted by Gasteiger charge is 2.76. The van der Waals surface area contributed by atoms with E-state index in [-0.39, 0.29) is 16.9 Å². The lowest BCUT2D eigenvalue weighted by molar-refractivity contribution is 0.272. The lowest BCUT2D eigenvalue weighted by Crippen LogP contribution is -2.50. The van der Waals surface area contributed by atoms with Crippen molar-refractivity contribution in [2.24, 2.45) is 0 Å². The molecule has 364 valence electrons. The number of hydrogen-bond acceptors (Lipinski definition) is 1. The van der Waals surface area contributed by atoms with Gasteiger partial charge in [-0.15, -0.1) is 0 Å². The normalized spacial score (nSPS) is 22.2. The third-order valence-electron chi connectivity index (χ3n) is 29.0. The summed E-state index contributed by atoms with van der Waals surface area (Å²) >= 11 is 0. The number of nitrogens with zero attached hydrogens (tertiary/aromatic N) is 1. The maximum atomic E-state index is 3.02. The molecule has 34 rings (SSSR count). The fourth-order valence-electron chi connectivity index (χ4n) is 28.3. The van der Waals surface area contributed by atoms with E-state index in [2.05, 4.69) is 43.1 Å². The van der Waals surface area contributed by atoms with Crippen molar-refractivity contribution in [3.8, 4) is 0 Å². The van der Waals surface area contributed by atoms with Crippen LogP contribution in [0.3, 0.4) is 0 Å². The molecular weight excluding hydrogens is 987 g/mol. The SMILES string of the molecule is CCCCCCCCCCCCc1cccc(C2N(C)CC34c5c6c7c8c9c%10c(c%11c%12c3c3c%13c5c5c%14c6c6c8c8c9c9c%15c%10c%11c%10c%11c%12c3c3c%12c%13c5c5c%13c%14c6c6c8c8c9c9c%15c%10c%10c%11c3c3c%12c5c5c%13c6c8c6c9c%10c3c56)C724)c1. The molecule has 1 saturated heterocycles. The number of unbranched alkanes of at least 4 members (excludes halogenated alkanes) is 9. The van der Waals surface area contributed by atoms with Gasteiger partial charge in [-0.3, -0.25) is 4.90 Å². The zero-order valence-electron chi connectivity index (χ0n) is 44.8. The van der Waals surface area contributed by atoms with E-state index < -0.39 is 0 Å². The van der Waals surface area contributed by atoms with Crippen LogP contribution >= 0.6 is 0 Å². The fourth-order valence-corrected chi connectivity index (χ4v) is 28.3. The van der Waals surface area contributed by atoms with Gasteiger partial charge in [0, 0.05) is 12.6 Å². The molecule has 1 fully saturated rings. The van der Waals surface area contributed by atoms with Crippen LogP contribution in [0.4, 0.5) is 0 Å². The molecule has 0 amide bonds. The zero-order chi connectivity index (χ0) is 50.1. The van der Waals surface area contributed by atoms with Crippen LogP contribution in [0.15, 0.2) is 24.3 Å². The molecule has 3 unspecified atom stereocenters. The van der Waals surface area contributed by atoms with Crippen molar-refractivity contribution in [1.29, 1.82) is 0 Å². The molecule has 0 N–H and O–H groups in total. The molecule has 4 aliphatic carbocycles. The highest BCUT2D eigenvalue weighted by molar-refractivity contribution is 6.82. The number of benzene rings is 18. The van der Waals surface area contributed by atoms with Gasteiger partial charge in [0.25, 0.3) is 0 Å². The Hall–Kier alpha value is -8.36. The van der Waals surface area contributed by atoms with Gasteiger partial charge in [-0.05, 0) is 344 Å². The Kier molecular flexibility index (Phi) is 3.74. The van der Waals surface area contributed by atoms with Gasteiger partial charge in [0.1, 0.15) is 0 Å². The second-order valence-electron chi connectivity index (χ2n) is 30.5. The minimum absolute atomic E-state index is 0.191. The van der Waals surface area contributed by atoms with Gasteiger partial charge in [0.15, 0.2) is 0 Å². The Morgan fingerprint density at radius 2 is 0.561 bits per heavy atom. The lowest BCUT2D eigenvalue weighted by Gasteiger charge is -2.50. The van der Waals surface area contributed by atoms with E-state index in [1.807, 2.05) is 0 Å². The summed E-state index contributed by atoms with van der Waals surface area (Å²) in [5.74, 6) is 0. The summed E-state index contributed by atoms with van der Waals surface area (Å²) in [4.78, 5) is 3.02. The molecule has 0 aromatic heterocycles. The van der Waals surface area contributed by atoms with Crippen LogP contribution < -0.4 is 0 Å². The van der Waals surface area contributed by atoms with Crippen molar-refractivity contribution in [3.63, 3.8) is 0 Å². The molecule has 3 atom stereocenters. The van der Waals surface area contributed by atoms with Crippen LogP contribution in [-0.4, -0.2) is 18.5 Å². The first kappa shape index (κ1) is 34.8. The predicted octanol–water partition coefficient (Wildman–Crippen LogP) is 22.4. The number of hydrogen-bond donors (Lipinski definition) is 0. The van der Waals surface area contributed by atoms with Crippen LogP contribution in [-0.2, 0) is 17.3 Å². The van der Waals surface area contributed by atoms with E-state index in [9.17, 15) is 0 Å². The summed E-state index contributed by atoms with van der Waals surface area (Å²) in [6, 6.07) is 10.7. The van der Waals surface area contributed by atoms with Crippen LogP contribution in [0.5, 0.6) is 0 Å². The highest BCUT2D eigenvalue weighted by Crippen LogP contribution is 2.87. The van der Waals surface area contributed by atoms with E-state index in [0.29, 0.717) is 0 Å². The van der Waals surface area contributed by atoms with E-state index >= 15 is 0 Å². The van der Waals surface area contributed by atoms with E-state index in [0.717, 1.165) is 6.54 Å². The first-order chi connectivity index (χ1) is 40.8. The molecule has 2 spiro atoms. The number of aryl methyl sites for hydroxylation is 1. The molecule has 0 saturated carbocycles. The van der Waals surface area contributed by atoms with Gasteiger partial charge in [-0.2, -0.15) is 0 Å². The molecular formula is C81H35N. The molecule has 0 radical (unpaired) electrons. The third kappa shape index (κ3) is 2.17. The van der Waals surface area contributed by atoms with Gasteiger partial charge >= 0.3 is 0 Å². The molecule has 5 aliphatic rings. The second-order valence-corrected chi connectivity index (χ2v) is 30.5.